The Morgan fingerprint density at radius 3 is 2.54 bits per heavy atom. The van der Waals surface area contributed by atoms with Crippen molar-refractivity contribution in [3.8, 4) is 0 Å². The Kier molecular flexibility index (Phi) is 5.39. The third-order valence-electron chi connectivity index (χ3n) is 9.88. The van der Waals surface area contributed by atoms with E-state index in [9.17, 15) is 24.6 Å². The number of ether oxygens (including phenoxy) is 2. The van der Waals surface area contributed by atoms with Gasteiger partial charge in [-0.25, -0.2) is 4.79 Å². The van der Waals surface area contributed by atoms with E-state index in [0.717, 1.165) is 11.1 Å². The van der Waals surface area contributed by atoms with Gasteiger partial charge in [0, 0.05) is 22.3 Å². The van der Waals surface area contributed by atoms with Crippen LogP contribution in [0.2, 0.25) is 0 Å². The first-order valence-electron chi connectivity index (χ1n) is 12.3. The van der Waals surface area contributed by atoms with Crippen molar-refractivity contribution in [3.05, 3.63) is 35.8 Å². The van der Waals surface area contributed by atoms with E-state index in [0.29, 0.717) is 12.8 Å². The highest BCUT2D eigenvalue weighted by molar-refractivity contribution is 5.93. The third-order valence-corrected chi connectivity index (χ3v) is 9.88. The molecule has 1 aromatic heterocycles. The summed E-state index contributed by atoms with van der Waals surface area (Å²) in [4.78, 5) is 39.2. The number of esters is 2. The summed E-state index contributed by atoms with van der Waals surface area (Å²) in [6.07, 6.45) is 3.36. The molecule has 3 fully saturated rings. The van der Waals surface area contributed by atoms with E-state index >= 15 is 0 Å². The number of Topliss-reactive ketones (excluding diaryl/α,β-unsaturated/α-hetero) is 1. The lowest BCUT2D eigenvalue weighted by molar-refractivity contribution is -0.202. The average Bonchev–Trinajstić information content (AvgIpc) is 3.34. The molecule has 8 heteroatoms. The average molecular weight is 487 g/mol. The fourth-order valence-corrected chi connectivity index (χ4v) is 8.15. The molecule has 35 heavy (non-hydrogen) atoms. The molecule has 0 unspecified atom stereocenters. The van der Waals surface area contributed by atoms with Crippen molar-refractivity contribution in [1.82, 2.24) is 0 Å². The van der Waals surface area contributed by atoms with Crippen molar-refractivity contribution in [2.45, 2.75) is 65.3 Å². The van der Waals surface area contributed by atoms with Gasteiger partial charge in [-0.3, -0.25) is 9.59 Å². The normalized spacial score (nSPS) is 42.8. The Bertz CT molecular complexity index is 1090. The van der Waals surface area contributed by atoms with Crippen LogP contribution in [-0.2, 0) is 23.9 Å². The van der Waals surface area contributed by atoms with Gasteiger partial charge < -0.3 is 24.1 Å². The van der Waals surface area contributed by atoms with Gasteiger partial charge in [0.15, 0.2) is 6.10 Å². The predicted molar refractivity (Wildman–Crippen MR) is 122 cm³/mol. The maximum absolute atomic E-state index is 13.9. The predicted octanol–water partition coefficient (Wildman–Crippen LogP) is 2.98. The Balaban J connectivity index is 1.65. The largest absolute Gasteiger partial charge is 0.472 e. The van der Waals surface area contributed by atoms with Crippen molar-refractivity contribution in [2.75, 3.05) is 7.11 Å². The van der Waals surface area contributed by atoms with Crippen LogP contribution in [0.3, 0.4) is 0 Å². The van der Waals surface area contributed by atoms with Crippen LogP contribution in [0.5, 0.6) is 0 Å². The maximum atomic E-state index is 13.9. The quantitative estimate of drug-likeness (QED) is 0.494. The first-order valence-corrected chi connectivity index (χ1v) is 12.3. The summed E-state index contributed by atoms with van der Waals surface area (Å²) in [6.45, 7) is 7.52. The van der Waals surface area contributed by atoms with Crippen LogP contribution in [0, 0.1) is 39.9 Å². The Hall–Kier alpha value is -2.45. The minimum Gasteiger partial charge on any atom is -0.472 e. The number of fused-ring (bicyclic) bond motifs is 6. The van der Waals surface area contributed by atoms with Gasteiger partial charge in [0.2, 0.25) is 0 Å². The minimum atomic E-state index is -1.57. The van der Waals surface area contributed by atoms with Gasteiger partial charge in [-0.15, -0.1) is 0 Å². The number of furan rings is 1. The highest BCUT2D eigenvalue weighted by Gasteiger charge is 2.69. The standard InChI is InChI=1S/C27H34O8/c1-25(2)20(19(29)24(32)33-5)27(4)16-6-8-26(3)17(14(16)10-15(21(25)30)22(27)31)11-18(28)35-23(26)13-7-9-34-12-13/h7,9-10,12,15-17,19-21,23,29-30H,6,8,11H2,1-5H3/t15-,16-,17-,19+,20-,21+,23-,26+,27+/m0/s1. The van der Waals surface area contributed by atoms with Crippen LogP contribution in [0.1, 0.15) is 58.6 Å². The van der Waals surface area contributed by atoms with E-state index in [-0.39, 0.29) is 30.0 Å². The first-order chi connectivity index (χ1) is 16.4. The topological polar surface area (TPSA) is 123 Å². The number of hydrogen-bond donors (Lipinski definition) is 2. The molecule has 0 spiro atoms. The van der Waals surface area contributed by atoms with Gasteiger partial charge >= 0.3 is 11.9 Å². The number of ketones is 1. The number of aliphatic hydroxyl groups excluding tert-OH is 2. The van der Waals surface area contributed by atoms with Gasteiger partial charge in [0.05, 0.1) is 38.1 Å². The SMILES string of the molecule is COC(=O)[C@H](O)[C@H]1C(C)(C)[C@H](O)[C@@H]2C=C3[C@@H]4CC(=O)O[C@@H](c5ccoc5)[C@]4(C)CC[C@@H]3[C@@]1(C)C2=O. The number of rotatable bonds is 3. The van der Waals surface area contributed by atoms with Crippen molar-refractivity contribution in [1.29, 1.82) is 0 Å². The molecule has 0 aromatic carbocycles. The maximum Gasteiger partial charge on any atom is 0.335 e. The molecule has 0 amide bonds. The van der Waals surface area contributed by atoms with Crippen LogP contribution >= 0.6 is 0 Å². The zero-order valence-corrected chi connectivity index (χ0v) is 20.8. The summed E-state index contributed by atoms with van der Waals surface area (Å²) in [6, 6.07) is 1.81. The molecule has 0 radical (unpaired) electrons. The van der Waals surface area contributed by atoms with Crippen LogP contribution < -0.4 is 0 Å². The lowest BCUT2D eigenvalue weighted by Gasteiger charge is -2.64. The molecule has 190 valence electrons. The van der Waals surface area contributed by atoms with Gasteiger partial charge in [0.25, 0.3) is 0 Å². The number of allylic oxidation sites excluding steroid dienone is 1. The van der Waals surface area contributed by atoms with Gasteiger partial charge in [-0.1, -0.05) is 39.3 Å². The monoisotopic (exact) mass is 486 g/mol. The van der Waals surface area contributed by atoms with Crippen molar-refractivity contribution < 1.29 is 38.5 Å². The van der Waals surface area contributed by atoms with Crippen molar-refractivity contribution >= 4 is 17.7 Å². The number of aliphatic hydroxyl groups is 2. The Labute approximate surface area is 204 Å². The Morgan fingerprint density at radius 1 is 1.20 bits per heavy atom. The highest BCUT2D eigenvalue weighted by Crippen LogP contribution is 2.67. The zero-order valence-electron chi connectivity index (χ0n) is 20.8. The molecule has 2 N–H and O–H groups in total. The summed E-state index contributed by atoms with van der Waals surface area (Å²) < 4.78 is 16.0. The summed E-state index contributed by atoms with van der Waals surface area (Å²) in [7, 11) is 1.20. The van der Waals surface area contributed by atoms with E-state index in [1.807, 2.05) is 19.1 Å². The molecular weight excluding hydrogens is 452 g/mol. The first kappa shape index (κ1) is 24.3. The van der Waals surface area contributed by atoms with Crippen LogP contribution in [-0.4, -0.2) is 47.3 Å². The van der Waals surface area contributed by atoms with Gasteiger partial charge in [-0.2, -0.15) is 0 Å². The molecule has 1 aliphatic heterocycles. The van der Waals surface area contributed by atoms with Crippen molar-refractivity contribution in [3.63, 3.8) is 0 Å². The third kappa shape index (κ3) is 3.08. The summed E-state index contributed by atoms with van der Waals surface area (Å²) in [5.41, 5.74) is -0.731. The second kappa shape index (κ2) is 7.77. The number of methoxy groups -OCH3 is 1. The molecular formula is C27H34O8. The van der Waals surface area contributed by atoms with Gasteiger partial charge in [-0.05, 0) is 36.2 Å². The molecule has 2 saturated carbocycles. The number of carbonyl (C=O) groups excluding carboxylic acids is 3. The molecule has 5 rings (SSSR count). The highest BCUT2D eigenvalue weighted by atomic mass is 16.5. The number of cyclic esters (lactones) is 1. The summed E-state index contributed by atoms with van der Waals surface area (Å²) in [5.74, 6) is -3.44. The second-order valence-corrected chi connectivity index (χ2v) is 11.8. The van der Waals surface area contributed by atoms with E-state index in [1.54, 1.807) is 26.4 Å². The fraction of sp³-hybridized carbons (Fsp3) is 0.667. The molecule has 3 aliphatic carbocycles. The molecule has 2 heterocycles. The fourth-order valence-electron chi connectivity index (χ4n) is 8.15. The van der Waals surface area contributed by atoms with Gasteiger partial charge in [0.1, 0.15) is 11.9 Å². The second-order valence-electron chi connectivity index (χ2n) is 11.8. The van der Waals surface area contributed by atoms with E-state index in [2.05, 4.69) is 6.92 Å². The molecule has 1 saturated heterocycles. The van der Waals surface area contributed by atoms with E-state index in [1.165, 1.54) is 7.11 Å². The minimum absolute atomic E-state index is 0.167. The molecule has 8 nitrogen and oxygen atoms in total. The van der Waals surface area contributed by atoms with E-state index in [4.69, 9.17) is 13.9 Å². The molecule has 9 atom stereocenters. The lowest BCUT2D eigenvalue weighted by Crippen LogP contribution is -2.68. The van der Waals surface area contributed by atoms with Crippen LogP contribution in [0.4, 0.5) is 0 Å². The smallest absolute Gasteiger partial charge is 0.335 e. The zero-order chi connectivity index (χ0) is 25.5. The summed E-state index contributed by atoms with van der Waals surface area (Å²) >= 11 is 0. The van der Waals surface area contributed by atoms with E-state index < -0.39 is 52.4 Å². The molecule has 2 bridgehead atoms. The number of hydrogen-bond acceptors (Lipinski definition) is 8. The lowest BCUT2D eigenvalue weighted by atomic mass is 9.40. The van der Waals surface area contributed by atoms with Crippen LogP contribution in [0.15, 0.2) is 34.7 Å². The number of carbonyl (C=O) groups is 3. The van der Waals surface area contributed by atoms with Crippen LogP contribution in [0.25, 0.3) is 0 Å². The Morgan fingerprint density at radius 2 is 1.91 bits per heavy atom. The van der Waals surface area contributed by atoms with Crippen molar-refractivity contribution in [2.24, 2.45) is 39.9 Å². The molecule has 4 aliphatic rings. The molecule has 1 aromatic rings. The summed E-state index contributed by atoms with van der Waals surface area (Å²) in [5, 5.41) is 22.5.